The van der Waals surface area contributed by atoms with Gasteiger partial charge in [0.25, 0.3) is 0 Å². The molecule has 1 aromatic carbocycles. The van der Waals surface area contributed by atoms with Gasteiger partial charge in [0.2, 0.25) is 20.0 Å². The summed E-state index contributed by atoms with van der Waals surface area (Å²) in [6.45, 7) is -0.457. The molecule has 0 unspecified atom stereocenters. The molecule has 0 bridgehead atoms. The van der Waals surface area contributed by atoms with Gasteiger partial charge in [-0.3, -0.25) is 0 Å². The molecule has 0 saturated carbocycles. The van der Waals surface area contributed by atoms with Gasteiger partial charge < -0.3 is 0 Å². The lowest BCUT2D eigenvalue weighted by Gasteiger charge is -2.08. The molecule has 0 amide bonds. The van der Waals surface area contributed by atoms with E-state index in [4.69, 9.17) is 28.3 Å². The first-order valence-corrected chi connectivity index (χ1v) is 8.63. The summed E-state index contributed by atoms with van der Waals surface area (Å²) in [7, 11) is -7.96. The Kier molecular flexibility index (Phi) is 5.15. The Morgan fingerprint density at radius 1 is 1.21 bits per heavy atom. The fourth-order valence-electron chi connectivity index (χ4n) is 1.11. The monoisotopic (exact) mass is 350 g/mol. The van der Waals surface area contributed by atoms with Crippen molar-refractivity contribution in [2.24, 2.45) is 5.14 Å². The lowest BCUT2D eigenvalue weighted by atomic mass is 10.3. The van der Waals surface area contributed by atoms with Crippen LogP contribution in [-0.2, 0) is 20.0 Å². The highest BCUT2D eigenvalue weighted by Gasteiger charge is 2.22. The molecule has 0 spiro atoms. The number of primary sulfonamides is 1. The quantitative estimate of drug-likeness (QED) is 0.762. The third-order valence-electron chi connectivity index (χ3n) is 1.97. The van der Waals surface area contributed by atoms with Crippen molar-refractivity contribution in [1.82, 2.24) is 4.72 Å². The van der Waals surface area contributed by atoms with E-state index < -0.39 is 48.1 Å². The summed E-state index contributed by atoms with van der Waals surface area (Å²) >= 11 is 11.0. The van der Waals surface area contributed by atoms with Crippen LogP contribution in [0.2, 0.25) is 10.0 Å². The molecule has 0 saturated heterocycles. The van der Waals surface area contributed by atoms with Crippen LogP contribution in [0, 0.1) is 5.82 Å². The van der Waals surface area contributed by atoms with E-state index in [1.54, 1.807) is 0 Å². The fourth-order valence-corrected chi connectivity index (χ4v) is 3.40. The molecule has 1 aromatic rings. The summed E-state index contributed by atoms with van der Waals surface area (Å²) in [5.74, 6) is -1.67. The van der Waals surface area contributed by atoms with E-state index in [9.17, 15) is 21.2 Å². The Hall–Kier alpha value is -0.450. The van der Waals surface area contributed by atoms with Crippen LogP contribution in [0.5, 0.6) is 0 Å². The molecule has 0 aliphatic rings. The van der Waals surface area contributed by atoms with E-state index in [1.807, 2.05) is 4.72 Å². The Labute approximate surface area is 119 Å². The first-order valence-electron chi connectivity index (χ1n) is 4.68. The first-order chi connectivity index (χ1) is 8.54. The number of halogens is 3. The van der Waals surface area contributed by atoms with Crippen molar-refractivity contribution in [3.05, 3.63) is 28.0 Å². The van der Waals surface area contributed by atoms with Gasteiger partial charge in [0.15, 0.2) is 5.82 Å². The van der Waals surface area contributed by atoms with Crippen LogP contribution in [0.1, 0.15) is 0 Å². The third kappa shape index (κ3) is 4.55. The first kappa shape index (κ1) is 16.6. The maximum absolute atomic E-state index is 13.4. The zero-order chi connectivity index (χ0) is 14.8. The van der Waals surface area contributed by atoms with E-state index in [1.165, 1.54) is 0 Å². The molecule has 19 heavy (non-hydrogen) atoms. The number of nitrogens with one attached hydrogen (secondary N) is 1. The van der Waals surface area contributed by atoms with Crippen molar-refractivity contribution >= 4 is 43.2 Å². The van der Waals surface area contributed by atoms with Crippen molar-refractivity contribution < 1.29 is 21.2 Å². The Morgan fingerprint density at radius 3 is 2.32 bits per heavy atom. The van der Waals surface area contributed by atoms with Crippen LogP contribution in [0.4, 0.5) is 4.39 Å². The number of benzene rings is 1. The van der Waals surface area contributed by atoms with Gasteiger partial charge in [-0.1, -0.05) is 23.2 Å². The van der Waals surface area contributed by atoms with E-state index in [0.717, 1.165) is 12.1 Å². The van der Waals surface area contributed by atoms with Crippen molar-refractivity contribution in [2.75, 3.05) is 12.3 Å². The molecule has 0 atom stereocenters. The van der Waals surface area contributed by atoms with Crippen molar-refractivity contribution in [3.63, 3.8) is 0 Å². The Morgan fingerprint density at radius 2 is 1.79 bits per heavy atom. The summed E-state index contributed by atoms with van der Waals surface area (Å²) in [6.07, 6.45) is 0. The van der Waals surface area contributed by atoms with E-state index in [0.29, 0.717) is 0 Å². The number of hydrogen-bond acceptors (Lipinski definition) is 4. The minimum Gasteiger partial charge on any atom is -0.229 e. The average Bonchev–Trinajstić information content (AvgIpc) is 2.23. The van der Waals surface area contributed by atoms with Gasteiger partial charge in [-0.2, -0.15) is 0 Å². The maximum Gasteiger partial charge on any atom is 0.242 e. The van der Waals surface area contributed by atoms with Crippen molar-refractivity contribution in [1.29, 1.82) is 0 Å². The molecule has 0 aromatic heterocycles. The molecule has 3 N–H and O–H groups in total. The van der Waals surface area contributed by atoms with Gasteiger partial charge in [0, 0.05) is 6.54 Å². The van der Waals surface area contributed by atoms with E-state index in [2.05, 4.69) is 0 Å². The molecule has 0 radical (unpaired) electrons. The molecular weight excluding hydrogens is 342 g/mol. The van der Waals surface area contributed by atoms with E-state index in [-0.39, 0.29) is 5.02 Å². The standard InChI is InChI=1S/C8H9Cl2FN2O4S2/c9-5-1-2-6(7(10)8(5)11)19(16,17)13-3-4-18(12,14)15/h1-2,13H,3-4H2,(H2,12,14,15). The molecule has 0 fully saturated rings. The lowest BCUT2D eigenvalue weighted by Crippen LogP contribution is -2.31. The highest BCUT2D eigenvalue weighted by molar-refractivity contribution is 7.90. The normalized spacial score (nSPS) is 12.6. The van der Waals surface area contributed by atoms with Crippen LogP contribution < -0.4 is 9.86 Å². The minimum absolute atomic E-state index is 0.325. The minimum atomic E-state index is -4.15. The van der Waals surface area contributed by atoms with Gasteiger partial charge in [0.05, 0.1) is 15.8 Å². The van der Waals surface area contributed by atoms with Gasteiger partial charge >= 0.3 is 0 Å². The van der Waals surface area contributed by atoms with Gasteiger partial charge in [-0.15, -0.1) is 0 Å². The smallest absolute Gasteiger partial charge is 0.229 e. The summed E-state index contributed by atoms with van der Waals surface area (Å²) in [6, 6.07) is 2.03. The van der Waals surface area contributed by atoms with Gasteiger partial charge in [-0.25, -0.2) is 31.1 Å². The second-order valence-corrected chi connectivity index (χ2v) is 7.69. The largest absolute Gasteiger partial charge is 0.242 e. The van der Waals surface area contributed by atoms with E-state index >= 15 is 0 Å². The predicted molar refractivity (Wildman–Crippen MR) is 69.6 cm³/mol. The zero-order valence-corrected chi connectivity index (χ0v) is 12.4. The summed E-state index contributed by atoms with van der Waals surface area (Å²) < 4.78 is 60.1. The number of hydrogen-bond donors (Lipinski definition) is 2. The van der Waals surface area contributed by atoms with Crippen molar-refractivity contribution in [3.8, 4) is 0 Å². The lowest BCUT2D eigenvalue weighted by molar-refractivity contribution is 0.578. The summed E-state index contributed by atoms with van der Waals surface area (Å²) in [5, 5.41) is 3.72. The highest BCUT2D eigenvalue weighted by atomic mass is 35.5. The summed E-state index contributed by atoms with van der Waals surface area (Å²) in [5.41, 5.74) is 0. The number of rotatable bonds is 5. The van der Waals surface area contributed by atoms with Crippen LogP contribution in [0.25, 0.3) is 0 Å². The topological polar surface area (TPSA) is 106 Å². The van der Waals surface area contributed by atoms with Crippen LogP contribution in [-0.4, -0.2) is 29.1 Å². The molecule has 108 valence electrons. The SMILES string of the molecule is NS(=O)(=O)CCNS(=O)(=O)c1ccc(Cl)c(F)c1Cl. The average molecular weight is 351 g/mol. The van der Waals surface area contributed by atoms with Crippen LogP contribution in [0.3, 0.4) is 0 Å². The third-order valence-corrected chi connectivity index (χ3v) is 5.02. The second-order valence-electron chi connectivity index (χ2n) is 3.44. The maximum atomic E-state index is 13.4. The molecular formula is C8H9Cl2FN2O4S2. The second kappa shape index (κ2) is 5.90. The number of sulfonamides is 2. The zero-order valence-electron chi connectivity index (χ0n) is 9.23. The van der Waals surface area contributed by atoms with Gasteiger partial charge in [-0.05, 0) is 12.1 Å². The molecule has 0 heterocycles. The number of nitrogens with two attached hydrogens (primary N) is 1. The fraction of sp³-hybridized carbons (Fsp3) is 0.250. The Balaban J connectivity index is 2.99. The Bertz CT molecular complexity index is 691. The van der Waals surface area contributed by atoms with Crippen LogP contribution >= 0.6 is 23.2 Å². The molecule has 6 nitrogen and oxygen atoms in total. The highest BCUT2D eigenvalue weighted by Crippen LogP contribution is 2.29. The molecule has 1 rings (SSSR count). The molecule has 0 aliphatic carbocycles. The molecule has 11 heteroatoms. The molecule has 0 aliphatic heterocycles. The van der Waals surface area contributed by atoms with Gasteiger partial charge in [0.1, 0.15) is 4.90 Å². The van der Waals surface area contributed by atoms with Crippen molar-refractivity contribution in [2.45, 2.75) is 4.90 Å². The predicted octanol–water partition coefficient (Wildman–Crippen LogP) is 0.699. The van der Waals surface area contributed by atoms with Crippen LogP contribution in [0.15, 0.2) is 17.0 Å². The summed E-state index contributed by atoms with van der Waals surface area (Å²) in [4.78, 5) is -0.537.